The number of hydrogen-bond acceptors (Lipinski definition) is 3. The van der Waals surface area contributed by atoms with Crippen molar-refractivity contribution in [3.8, 4) is 0 Å². The Labute approximate surface area is 126 Å². The highest BCUT2D eigenvalue weighted by atomic mass is 79.9. The number of aliphatic hydroxyl groups is 1. The van der Waals surface area contributed by atoms with Crippen LogP contribution in [0.5, 0.6) is 0 Å². The summed E-state index contributed by atoms with van der Waals surface area (Å²) in [6.07, 6.45) is 0.930. The molecule has 0 unspecified atom stereocenters. The summed E-state index contributed by atoms with van der Waals surface area (Å²) in [6, 6.07) is 7.99. The highest BCUT2D eigenvalue weighted by molar-refractivity contribution is 9.10. The molecule has 1 aromatic heterocycles. The molecule has 5 heteroatoms. The second-order valence-corrected chi connectivity index (χ2v) is 6.12. The van der Waals surface area contributed by atoms with Crippen LogP contribution < -0.4 is 0 Å². The molecule has 19 heavy (non-hydrogen) atoms. The molecule has 3 nitrogen and oxygen atoms in total. The van der Waals surface area contributed by atoms with Crippen molar-refractivity contribution < 1.29 is 5.11 Å². The van der Waals surface area contributed by atoms with Gasteiger partial charge in [0.25, 0.3) is 0 Å². The Morgan fingerprint density at radius 2 is 2.21 bits per heavy atom. The molecular weight excluding hydrogens is 324 g/mol. The number of benzene rings is 1. The van der Waals surface area contributed by atoms with Crippen molar-refractivity contribution in [2.24, 2.45) is 7.05 Å². The fraction of sp³-hybridized carbons (Fsp3) is 0.357. The maximum atomic E-state index is 9.14. The molecule has 0 bridgehead atoms. The van der Waals surface area contributed by atoms with E-state index in [4.69, 9.17) is 5.11 Å². The Kier molecular flexibility index (Phi) is 5.07. The second kappa shape index (κ2) is 6.59. The van der Waals surface area contributed by atoms with E-state index in [2.05, 4.69) is 34.0 Å². The molecule has 0 radical (unpaired) electrons. The maximum absolute atomic E-state index is 9.14. The number of aliphatic hydroxyl groups excluding tert-OH is 1. The summed E-state index contributed by atoms with van der Waals surface area (Å²) < 4.78 is 3.05. The van der Waals surface area contributed by atoms with Crippen LogP contribution in [0.3, 0.4) is 0 Å². The van der Waals surface area contributed by atoms with Crippen molar-refractivity contribution >= 4 is 27.7 Å². The third-order valence-corrected chi connectivity index (χ3v) is 4.88. The van der Waals surface area contributed by atoms with Crippen LogP contribution in [-0.2, 0) is 25.8 Å². The van der Waals surface area contributed by atoms with Crippen LogP contribution in [0.2, 0.25) is 0 Å². The van der Waals surface area contributed by atoms with Gasteiger partial charge in [-0.15, -0.1) is 11.8 Å². The van der Waals surface area contributed by atoms with Gasteiger partial charge in [-0.05, 0) is 40.0 Å². The Hall–Kier alpha value is -0.780. The molecule has 0 aliphatic heterocycles. The lowest BCUT2D eigenvalue weighted by Gasteiger charge is -2.05. The first-order chi connectivity index (χ1) is 9.15. The Morgan fingerprint density at radius 3 is 2.84 bits per heavy atom. The monoisotopic (exact) mass is 340 g/mol. The van der Waals surface area contributed by atoms with Crippen molar-refractivity contribution in [1.82, 2.24) is 9.78 Å². The average Bonchev–Trinajstić information content (AvgIpc) is 2.71. The maximum Gasteiger partial charge on any atom is 0.0767 e. The van der Waals surface area contributed by atoms with Crippen molar-refractivity contribution in [3.05, 3.63) is 45.7 Å². The van der Waals surface area contributed by atoms with Gasteiger partial charge in [0, 0.05) is 17.7 Å². The van der Waals surface area contributed by atoms with E-state index in [1.807, 2.05) is 29.9 Å². The van der Waals surface area contributed by atoms with Gasteiger partial charge >= 0.3 is 0 Å². The molecule has 102 valence electrons. The first-order valence-corrected chi connectivity index (χ1v) is 7.96. The zero-order chi connectivity index (χ0) is 13.8. The average molecular weight is 341 g/mol. The van der Waals surface area contributed by atoms with Gasteiger partial charge in [-0.2, -0.15) is 5.10 Å². The first-order valence-electron chi connectivity index (χ1n) is 6.18. The SMILES string of the molecule is CCc1nn(C)c(CSc2cccc(CO)c2)c1Br. The third kappa shape index (κ3) is 3.41. The number of halogens is 1. The van der Waals surface area contributed by atoms with E-state index in [-0.39, 0.29) is 6.61 Å². The number of aryl methyl sites for hydroxylation is 2. The van der Waals surface area contributed by atoms with E-state index in [1.165, 1.54) is 5.69 Å². The lowest BCUT2D eigenvalue weighted by Crippen LogP contribution is -1.97. The summed E-state index contributed by atoms with van der Waals surface area (Å²) in [4.78, 5) is 1.16. The van der Waals surface area contributed by atoms with Crippen LogP contribution in [0, 0.1) is 0 Å². The fourth-order valence-electron chi connectivity index (χ4n) is 1.86. The summed E-state index contributed by atoms with van der Waals surface area (Å²) >= 11 is 5.38. The molecule has 1 aromatic carbocycles. The Bertz CT molecular complexity index is 569. The van der Waals surface area contributed by atoms with Crippen molar-refractivity contribution in [2.45, 2.75) is 30.6 Å². The standard InChI is InChI=1S/C14H17BrN2OS/c1-3-12-14(15)13(17(2)16-12)9-19-11-6-4-5-10(7-11)8-18/h4-7,18H,3,8-9H2,1-2H3. The number of aromatic nitrogens is 2. The molecule has 0 spiro atoms. The molecule has 0 saturated heterocycles. The third-order valence-electron chi connectivity index (χ3n) is 2.96. The van der Waals surface area contributed by atoms with Crippen LogP contribution in [0.25, 0.3) is 0 Å². The minimum absolute atomic E-state index is 0.0871. The van der Waals surface area contributed by atoms with Crippen LogP contribution in [-0.4, -0.2) is 14.9 Å². The van der Waals surface area contributed by atoms with Gasteiger partial charge in [0.15, 0.2) is 0 Å². The van der Waals surface area contributed by atoms with Gasteiger partial charge in [-0.1, -0.05) is 19.1 Å². The predicted octanol–water partition coefficient (Wildman–Crippen LogP) is 3.53. The van der Waals surface area contributed by atoms with Gasteiger partial charge in [-0.3, -0.25) is 4.68 Å². The minimum Gasteiger partial charge on any atom is -0.392 e. The summed E-state index contributed by atoms with van der Waals surface area (Å²) in [5.41, 5.74) is 3.24. The van der Waals surface area contributed by atoms with Gasteiger partial charge in [0.2, 0.25) is 0 Å². The van der Waals surface area contributed by atoms with Crippen LogP contribution in [0.4, 0.5) is 0 Å². The molecule has 0 aliphatic carbocycles. The number of nitrogens with zero attached hydrogens (tertiary/aromatic N) is 2. The number of hydrogen-bond donors (Lipinski definition) is 1. The van der Waals surface area contributed by atoms with E-state index in [9.17, 15) is 0 Å². The van der Waals surface area contributed by atoms with Crippen molar-refractivity contribution in [1.29, 1.82) is 0 Å². The number of rotatable bonds is 5. The Balaban J connectivity index is 2.12. The highest BCUT2D eigenvalue weighted by Gasteiger charge is 2.12. The summed E-state index contributed by atoms with van der Waals surface area (Å²) in [5.74, 6) is 0.860. The summed E-state index contributed by atoms with van der Waals surface area (Å²) in [6.45, 7) is 2.19. The topological polar surface area (TPSA) is 38.0 Å². The summed E-state index contributed by atoms with van der Waals surface area (Å²) in [5, 5.41) is 13.6. The smallest absolute Gasteiger partial charge is 0.0767 e. The Morgan fingerprint density at radius 1 is 1.42 bits per heavy atom. The summed E-state index contributed by atoms with van der Waals surface area (Å²) in [7, 11) is 1.98. The first kappa shape index (κ1) is 14.6. The quantitative estimate of drug-likeness (QED) is 0.846. The van der Waals surface area contributed by atoms with E-state index < -0.39 is 0 Å². The van der Waals surface area contributed by atoms with Gasteiger partial charge in [-0.25, -0.2) is 0 Å². The largest absolute Gasteiger partial charge is 0.392 e. The molecule has 1 heterocycles. The van der Waals surface area contributed by atoms with E-state index in [0.29, 0.717) is 0 Å². The van der Waals surface area contributed by atoms with Gasteiger partial charge < -0.3 is 5.11 Å². The predicted molar refractivity (Wildman–Crippen MR) is 82.2 cm³/mol. The molecule has 0 aliphatic rings. The number of thioether (sulfide) groups is 1. The highest BCUT2D eigenvalue weighted by Crippen LogP contribution is 2.29. The molecule has 0 fully saturated rings. The van der Waals surface area contributed by atoms with Crippen molar-refractivity contribution in [2.75, 3.05) is 0 Å². The normalized spacial score (nSPS) is 10.9. The molecule has 0 saturated carbocycles. The molecule has 0 atom stereocenters. The van der Waals surface area contributed by atoms with Gasteiger partial charge in [0.1, 0.15) is 0 Å². The lowest BCUT2D eigenvalue weighted by atomic mass is 10.2. The molecule has 0 amide bonds. The van der Waals surface area contributed by atoms with Crippen molar-refractivity contribution in [3.63, 3.8) is 0 Å². The van der Waals surface area contributed by atoms with Crippen LogP contribution >= 0.6 is 27.7 Å². The van der Waals surface area contributed by atoms with E-state index in [0.717, 1.165) is 32.8 Å². The molecule has 2 rings (SSSR count). The van der Waals surface area contributed by atoms with Crippen LogP contribution in [0.15, 0.2) is 33.6 Å². The van der Waals surface area contributed by atoms with Crippen LogP contribution in [0.1, 0.15) is 23.9 Å². The zero-order valence-corrected chi connectivity index (χ0v) is 13.5. The molecular formula is C14H17BrN2OS. The minimum atomic E-state index is 0.0871. The van der Waals surface area contributed by atoms with E-state index in [1.54, 1.807) is 11.8 Å². The fourth-order valence-corrected chi connectivity index (χ4v) is 3.85. The van der Waals surface area contributed by atoms with Gasteiger partial charge in [0.05, 0.1) is 22.5 Å². The zero-order valence-electron chi connectivity index (χ0n) is 11.1. The molecule has 1 N–H and O–H groups in total. The second-order valence-electron chi connectivity index (χ2n) is 4.28. The van der Waals surface area contributed by atoms with E-state index >= 15 is 0 Å². The lowest BCUT2D eigenvalue weighted by molar-refractivity contribution is 0.281. The molecule has 2 aromatic rings.